The fourth-order valence-electron chi connectivity index (χ4n) is 3.05. The number of aromatic nitrogens is 4. The molecule has 2 atom stereocenters. The number of piperidine rings is 1. The molecular weight excluding hydrogens is 363 g/mol. The number of tetrazole rings is 1. The minimum absolute atomic E-state index is 0. The quantitative estimate of drug-likeness (QED) is 0.871. The van der Waals surface area contributed by atoms with Crippen molar-refractivity contribution >= 4 is 29.9 Å². The summed E-state index contributed by atoms with van der Waals surface area (Å²) in [5, 5.41) is 12.9. The predicted octanol–water partition coefficient (Wildman–Crippen LogP) is 2.14. The van der Waals surface area contributed by atoms with Gasteiger partial charge in [0.1, 0.15) is 6.54 Å². The van der Waals surface area contributed by atoms with Gasteiger partial charge in [0.15, 0.2) is 0 Å². The topological polar surface area (TPSA) is 89.9 Å². The van der Waals surface area contributed by atoms with E-state index in [0.29, 0.717) is 10.8 Å². The van der Waals surface area contributed by atoms with Crippen molar-refractivity contribution in [2.75, 3.05) is 6.54 Å². The minimum Gasteiger partial charge on any atom is -0.337 e. The van der Waals surface area contributed by atoms with Crippen LogP contribution in [0.3, 0.4) is 0 Å². The molecule has 0 radical (unpaired) electrons. The summed E-state index contributed by atoms with van der Waals surface area (Å²) in [4.78, 5) is 15.8. The van der Waals surface area contributed by atoms with Gasteiger partial charge in [0.2, 0.25) is 11.7 Å². The van der Waals surface area contributed by atoms with E-state index in [0.717, 1.165) is 31.4 Å². The van der Waals surface area contributed by atoms with Gasteiger partial charge < -0.3 is 10.6 Å². The molecule has 0 bridgehead atoms. The zero-order valence-electron chi connectivity index (χ0n) is 14.0. The molecule has 1 fully saturated rings. The standard InChI is InChI=1S/C16H21ClN6O.ClH/c1-11(18)14-4-2-3-9-22(14)15(24)10-23-20-16(19-21-23)12-5-7-13(17)8-6-12;/h5-8,11,14H,2-4,9-10,18H2,1H3;1H. The summed E-state index contributed by atoms with van der Waals surface area (Å²) < 4.78 is 0. The Bertz CT molecular complexity index is 703. The summed E-state index contributed by atoms with van der Waals surface area (Å²) in [6, 6.07) is 7.23. The van der Waals surface area contributed by atoms with Crippen LogP contribution in [0.5, 0.6) is 0 Å². The number of hydrogen-bond donors (Lipinski definition) is 1. The predicted molar refractivity (Wildman–Crippen MR) is 98.5 cm³/mol. The number of nitrogens with zero attached hydrogens (tertiary/aromatic N) is 5. The van der Waals surface area contributed by atoms with E-state index in [2.05, 4.69) is 15.4 Å². The van der Waals surface area contributed by atoms with E-state index in [1.54, 1.807) is 12.1 Å². The molecule has 0 saturated carbocycles. The Hall–Kier alpha value is -1.70. The number of likely N-dealkylation sites (tertiary alicyclic amines) is 1. The van der Waals surface area contributed by atoms with E-state index in [-0.39, 0.29) is 36.9 Å². The summed E-state index contributed by atoms with van der Waals surface area (Å²) in [6.45, 7) is 2.76. The lowest BCUT2D eigenvalue weighted by atomic mass is 9.97. The van der Waals surface area contributed by atoms with Crippen LogP contribution in [0, 0.1) is 0 Å². The SMILES string of the molecule is CC(N)C1CCCCN1C(=O)Cn1nnc(-c2ccc(Cl)cc2)n1.Cl. The lowest BCUT2D eigenvalue weighted by Gasteiger charge is -2.37. The number of amides is 1. The smallest absolute Gasteiger partial charge is 0.246 e. The molecular formula is C16H22Cl2N6O. The third-order valence-corrected chi connectivity index (χ3v) is 4.56. The molecule has 2 N–H and O–H groups in total. The molecule has 7 nitrogen and oxygen atoms in total. The maximum atomic E-state index is 12.6. The molecule has 1 saturated heterocycles. The first kappa shape index (κ1) is 19.6. The Morgan fingerprint density at radius 1 is 1.36 bits per heavy atom. The van der Waals surface area contributed by atoms with Crippen LogP contribution in [0.1, 0.15) is 26.2 Å². The molecule has 2 aromatic rings. The largest absolute Gasteiger partial charge is 0.337 e. The molecule has 2 unspecified atom stereocenters. The molecule has 1 aliphatic rings. The summed E-state index contributed by atoms with van der Waals surface area (Å²) in [5.41, 5.74) is 6.84. The lowest BCUT2D eigenvalue weighted by molar-refractivity contribution is -0.136. The Morgan fingerprint density at radius 3 is 2.76 bits per heavy atom. The van der Waals surface area contributed by atoms with Gasteiger partial charge in [0, 0.05) is 29.2 Å². The van der Waals surface area contributed by atoms with Crippen LogP contribution < -0.4 is 5.73 Å². The molecule has 0 spiro atoms. The molecule has 1 aromatic heterocycles. The minimum atomic E-state index is -0.0393. The van der Waals surface area contributed by atoms with Gasteiger partial charge in [-0.1, -0.05) is 11.6 Å². The zero-order chi connectivity index (χ0) is 17.1. The van der Waals surface area contributed by atoms with Crippen molar-refractivity contribution in [1.29, 1.82) is 0 Å². The maximum Gasteiger partial charge on any atom is 0.246 e. The second-order valence-electron chi connectivity index (χ2n) is 6.16. The molecule has 136 valence electrons. The van der Waals surface area contributed by atoms with Crippen LogP contribution in [0.2, 0.25) is 5.02 Å². The van der Waals surface area contributed by atoms with Gasteiger partial charge in [-0.15, -0.1) is 22.6 Å². The molecule has 0 aliphatic carbocycles. The van der Waals surface area contributed by atoms with Gasteiger partial charge >= 0.3 is 0 Å². The third kappa shape index (κ3) is 4.68. The first-order valence-corrected chi connectivity index (χ1v) is 8.51. The van der Waals surface area contributed by atoms with E-state index >= 15 is 0 Å². The lowest BCUT2D eigenvalue weighted by Crippen LogP contribution is -2.52. The number of rotatable bonds is 4. The summed E-state index contributed by atoms with van der Waals surface area (Å²) in [7, 11) is 0. The van der Waals surface area contributed by atoms with E-state index < -0.39 is 0 Å². The average molecular weight is 385 g/mol. The van der Waals surface area contributed by atoms with Crippen molar-refractivity contribution in [1.82, 2.24) is 25.1 Å². The van der Waals surface area contributed by atoms with E-state index in [1.165, 1.54) is 4.80 Å². The van der Waals surface area contributed by atoms with Crippen molar-refractivity contribution in [2.24, 2.45) is 5.73 Å². The highest BCUT2D eigenvalue weighted by atomic mass is 35.5. The average Bonchev–Trinajstić information content (AvgIpc) is 3.04. The first-order chi connectivity index (χ1) is 11.5. The molecule has 2 heterocycles. The van der Waals surface area contributed by atoms with Crippen LogP contribution >= 0.6 is 24.0 Å². The maximum absolute atomic E-state index is 12.6. The van der Waals surface area contributed by atoms with Crippen LogP contribution in [0.25, 0.3) is 11.4 Å². The third-order valence-electron chi connectivity index (χ3n) is 4.31. The molecule has 1 amide bonds. The second-order valence-corrected chi connectivity index (χ2v) is 6.60. The van der Waals surface area contributed by atoms with Crippen LogP contribution in [-0.2, 0) is 11.3 Å². The Balaban J connectivity index is 0.00000225. The molecule has 9 heteroatoms. The van der Waals surface area contributed by atoms with E-state index in [4.69, 9.17) is 17.3 Å². The van der Waals surface area contributed by atoms with E-state index in [1.807, 2.05) is 24.0 Å². The van der Waals surface area contributed by atoms with Crippen molar-refractivity contribution < 1.29 is 4.79 Å². The fraction of sp³-hybridized carbons (Fsp3) is 0.500. The van der Waals surface area contributed by atoms with Crippen LogP contribution in [-0.4, -0.2) is 49.6 Å². The first-order valence-electron chi connectivity index (χ1n) is 8.13. The number of hydrogen-bond acceptors (Lipinski definition) is 5. The molecule has 1 aliphatic heterocycles. The molecule has 3 rings (SSSR count). The normalized spacial score (nSPS) is 18.5. The van der Waals surface area contributed by atoms with Gasteiger partial charge in [0.05, 0.1) is 0 Å². The highest BCUT2D eigenvalue weighted by Crippen LogP contribution is 2.20. The highest BCUT2D eigenvalue weighted by Gasteiger charge is 2.29. The second kappa shape index (κ2) is 8.60. The van der Waals surface area contributed by atoms with Crippen LogP contribution in [0.4, 0.5) is 0 Å². The number of carbonyl (C=O) groups is 1. The Kier molecular flexibility index (Phi) is 6.75. The number of nitrogens with two attached hydrogens (primary N) is 1. The summed E-state index contributed by atoms with van der Waals surface area (Å²) in [5.74, 6) is 0.457. The zero-order valence-corrected chi connectivity index (χ0v) is 15.6. The van der Waals surface area contributed by atoms with Crippen molar-refractivity contribution in [3.63, 3.8) is 0 Å². The van der Waals surface area contributed by atoms with Crippen molar-refractivity contribution in [2.45, 2.75) is 44.8 Å². The van der Waals surface area contributed by atoms with E-state index in [9.17, 15) is 4.79 Å². The van der Waals surface area contributed by atoms with Crippen molar-refractivity contribution in [3.05, 3.63) is 29.3 Å². The summed E-state index contributed by atoms with van der Waals surface area (Å²) in [6.07, 6.45) is 3.07. The summed E-state index contributed by atoms with van der Waals surface area (Å²) >= 11 is 5.88. The monoisotopic (exact) mass is 384 g/mol. The van der Waals surface area contributed by atoms with Gasteiger partial charge in [-0.25, -0.2) is 0 Å². The Labute approximate surface area is 157 Å². The highest BCUT2D eigenvalue weighted by molar-refractivity contribution is 6.30. The number of halogens is 2. The molecule has 25 heavy (non-hydrogen) atoms. The number of carbonyl (C=O) groups excluding carboxylic acids is 1. The number of benzene rings is 1. The van der Waals surface area contributed by atoms with Crippen molar-refractivity contribution in [3.8, 4) is 11.4 Å². The van der Waals surface area contributed by atoms with Crippen LogP contribution in [0.15, 0.2) is 24.3 Å². The van der Waals surface area contributed by atoms with Gasteiger partial charge in [-0.05, 0) is 55.7 Å². The van der Waals surface area contributed by atoms with Gasteiger partial charge in [-0.2, -0.15) is 4.80 Å². The Morgan fingerprint density at radius 2 is 2.08 bits per heavy atom. The van der Waals surface area contributed by atoms with Gasteiger partial charge in [-0.3, -0.25) is 4.79 Å². The van der Waals surface area contributed by atoms with Gasteiger partial charge in [0.25, 0.3) is 0 Å². The fourth-order valence-corrected chi connectivity index (χ4v) is 3.18. The molecule has 1 aromatic carbocycles.